The normalized spacial score (nSPS) is 9.71. The lowest BCUT2D eigenvalue weighted by molar-refractivity contribution is 0.262. The first-order valence-electron chi connectivity index (χ1n) is 5.16. The number of nitrogens with zero attached hydrogens (tertiary/aromatic N) is 2. The Labute approximate surface area is 98.9 Å². The first-order valence-corrected chi connectivity index (χ1v) is 5.16. The van der Waals surface area contributed by atoms with Crippen molar-refractivity contribution in [1.29, 1.82) is 0 Å². The quantitative estimate of drug-likeness (QED) is 0.829. The standard InChI is InChI=1S/C12H12N4O/c1-9-7-11(8-13-16-9)15-12(17)14-10-5-3-2-4-6-10/h2-8H,1H3,(H2,14,15,16,17). The number of amides is 2. The maximum absolute atomic E-state index is 11.6. The number of nitrogens with one attached hydrogen (secondary N) is 2. The van der Waals surface area contributed by atoms with Gasteiger partial charge in [0, 0.05) is 5.69 Å². The molecule has 86 valence electrons. The van der Waals surface area contributed by atoms with Gasteiger partial charge in [0.15, 0.2) is 0 Å². The van der Waals surface area contributed by atoms with Gasteiger partial charge < -0.3 is 10.6 Å². The highest BCUT2D eigenvalue weighted by Crippen LogP contribution is 2.08. The van der Waals surface area contributed by atoms with Crippen LogP contribution in [0, 0.1) is 6.92 Å². The largest absolute Gasteiger partial charge is 0.323 e. The number of anilines is 2. The molecule has 0 saturated heterocycles. The minimum absolute atomic E-state index is 0.302. The minimum Gasteiger partial charge on any atom is -0.308 e. The monoisotopic (exact) mass is 228 g/mol. The number of aryl methyl sites for hydroxylation is 1. The van der Waals surface area contributed by atoms with E-state index >= 15 is 0 Å². The van der Waals surface area contributed by atoms with Crippen LogP contribution in [0.15, 0.2) is 42.6 Å². The summed E-state index contributed by atoms with van der Waals surface area (Å²) in [6, 6.07) is 10.7. The second-order valence-electron chi connectivity index (χ2n) is 3.53. The van der Waals surface area contributed by atoms with Gasteiger partial charge in [-0.05, 0) is 25.1 Å². The molecule has 0 fully saturated rings. The van der Waals surface area contributed by atoms with Gasteiger partial charge in [-0.25, -0.2) is 4.79 Å². The number of rotatable bonds is 2. The number of carbonyl (C=O) groups excluding carboxylic acids is 1. The van der Waals surface area contributed by atoms with Gasteiger partial charge >= 0.3 is 6.03 Å². The van der Waals surface area contributed by atoms with Gasteiger partial charge in [0.05, 0.1) is 17.6 Å². The molecule has 1 heterocycles. The fourth-order valence-corrected chi connectivity index (χ4v) is 1.36. The molecule has 17 heavy (non-hydrogen) atoms. The molecule has 1 aromatic carbocycles. The molecule has 0 bridgehead atoms. The van der Waals surface area contributed by atoms with Gasteiger partial charge in [0.25, 0.3) is 0 Å². The Morgan fingerprint density at radius 1 is 1.12 bits per heavy atom. The summed E-state index contributed by atoms with van der Waals surface area (Å²) < 4.78 is 0. The number of aromatic nitrogens is 2. The predicted molar refractivity (Wildman–Crippen MR) is 65.9 cm³/mol. The number of carbonyl (C=O) groups is 1. The Hall–Kier alpha value is -2.43. The molecule has 0 unspecified atom stereocenters. The van der Waals surface area contributed by atoms with Crippen LogP contribution in [0.1, 0.15) is 5.69 Å². The molecule has 0 atom stereocenters. The highest BCUT2D eigenvalue weighted by Gasteiger charge is 2.02. The van der Waals surface area contributed by atoms with Crippen molar-refractivity contribution >= 4 is 17.4 Å². The average Bonchev–Trinajstić information content (AvgIpc) is 2.30. The summed E-state index contributed by atoms with van der Waals surface area (Å²) in [6.45, 7) is 1.81. The third-order valence-corrected chi connectivity index (χ3v) is 2.07. The SMILES string of the molecule is Cc1cc(NC(=O)Nc2ccccc2)cnn1. The van der Waals surface area contributed by atoms with Crippen LogP contribution < -0.4 is 10.6 Å². The number of para-hydroxylation sites is 1. The van der Waals surface area contributed by atoms with Gasteiger partial charge in [-0.1, -0.05) is 18.2 Å². The van der Waals surface area contributed by atoms with E-state index in [1.54, 1.807) is 6.07 Å². The molecule has 2 N–H and O–H groups in total. The smallest absolute Gasteiger partial charge is 0.308 e. The van der Waals surface area contributed by atoms with Gasteiger partial charge in [-0.2, -0.15) is 10.2 Å². The van der Waals surface area contributed by atoms with Crippen LogP contribution in [0.3, 0.4) is 0 Å². The third kappa shape index (κ3) is 3.27. The maximum Gasteiger partial charge on any atom is 0.323 e. The summed E-state index contributed by atoms with van der Waals surface area (Å²) in [6.07, 6.45) is 1.50. The fraction of sp³-hybridized carbons (Fsp3) is 0.0833. The lowest BCUT2D eigenvalue weighted by atomic mass is 10.3. The van der Waals surface area contributed by atoms with E-state index in [1.165, 1.54) is 6.20 Å². The molecule has 0 aliphatic carbocycles. The highest BCUT2D eigenvalue weighted by molar-refractivity contribution is 5.99. The van der Waals surface area contributed by atoms with Crippen LogP contribution in [0.5, 0.6) is 0 Å². The predicted octanol–water partition coefficient (Wildman–Crippen LogP) is 2.43. The Morgan fingerprint density at radius 3 is 2.53 bits per heavy atom. The molecule has 0 radical (unpaired) electrons. The van der Waals surface area contributed by atoms with E-state index in [0.717, 1.165) is 11.4 Å². The zero-order valence-electron chi connectivity index (χ0n) is 9.34. The molecule has 0 aliphatic rings. The molecule has 2 amide bonds. The van der Waals surface area contributed by atoms with Crippen molar-refractivity contribution in [3.05, 3.63) is 48.3 Å². The zero-order chi connectivity index (χ0) is 12.1. The molecule has 0 aliphatic heterocycles. The molecule has 0 saturated carbocycles. The first-order chi connectivity index (χ1) is 8.24. The van der Waals surface area contributed by atoms with Crippen LogP contribution in [0.25, 0.3) is 0 Å². The molecular formula is C12H12N4O. The Bertz CT molecular complexity index is 513. The summed E-state index contributed by atoms with van der Waals surface area (Å²) in [4.78, 5) is 11.6. The lowest BCUT2D eigenvalue weighted by Gasteiger charge is -2.06. The summed E-state index contributed by atoms with van der Waals surface area (Å²) in [7, 11) is 0. The maximum atomic E-state index is 11.6. The number of hydrogen-bond acceptors (Lipinski definition) is 3. The van der Waals surface area contributed by atoms with E-state index in [0.29, 0.717) is 5.69 Å². The Kier molecular flexibility index (Phi) is 3.30. The van der Waals surface area contributed by atoms with Gasteiger partial charge in [-0.3, -0.25) is 0 Å². The van der Waals surface area contributed by atoms with E-state index in [4.69, 9.17) is 0 Å². The van der Waals surface area contributed by atoms with Crippen LogP contribution in [-0.4, -0.2) is 16.2 Å². The van der Waals surface area contributed by atoms with Crippen LogP contribution >= 0.6 is 0 Å². The van der Waals surface area contributed by atoms with E-state index in [-0.39, 0.29) is 6.03 Å². The summed E-state index contributed by atoms with van der Waals surface area (Å²) in [5, 5.41) is 13.0. The molecule has 2 rings (SSSR count). The lowest BCUT2D eigenvalue weighted by Crippen LogP contribution is -2.19. The first kappa shape index (κ1) is 11.1. The van der Waals surface area contributed by atoms with Crippen molar-refractivity contribution in [2.75, 3.05) is 10.6 Å². The van der Waals surface area contributed by atoms with Crippen molar-refractivity contribution < 1.29 is 4.79 Å². The molecule has 5 heteroatoms. The topological polar surface area (TPSA) is 66.9 Å². The van der Waals surface area contributed by atoms with Crippen molar-refractivity contribution in [3.8, 4) is 0 Å². The second-order valence-corrected chi connectivity index (χ2v) is 3.53. The number of benzene rings is 1. The molecule has 0 spiro atoms. The van der Waals surface area contributed by atoms with Crippen LogP contribution in [0.2, 0.25) is 0 Å². The van der Waals surface area contributed by atoms with E-state index in [9.17, 15) is 4.79 Å². The summed E-state index contributed by atoms with van der Waals surface area (Å²) in [5.74, 6) is 0. The molecule has 1 aromatic heterocycles. The third-order valence-electron chi connectivity index (χ3n) is 2.07. The van der Waals surface area contributed by atoms with Gasteiger partial charge in [0.1, 0.15) is 0 Å². The molecule has 2 aromatic rings. The fourth-order valence-electron chi connectivity index (χ4n) is 1.36. The average molecular weight is 228 g/mol. The van der Waals surface area contributed by atoms with Crippen molar-refractivity contribution in [3.63, 3.8) is 0 Å². The molecule has 5 nitrogen and oxygen atoms in total. The second kappa shape index (κ2) is 5.07. The van der Waals surface area contributed by atoms with Crippen molar-refractivity contribution in [1.82, 2.24) is 10.2 Å². The summed E-state index contributed by atoms with van der Waals surface area (Å²) >= 11 is 0. The van der Waals surface area contributed by atoms with Crippen LogP contribution in [0.4, 0.5) is 16.2 Å². The highest BCUT2D eigenvalue weighted by atomic mass is 16.2. The van der Waals surface area contributed by atoms with Crippen molar-refractivity contribution in [2.45, 2.75) is 6.92 Å². The van der Waals surface area contributed by atoms with Crippen LogP contribution in [-0.2, 0) is 0 Å². The Morgan fingerprint density at radius 2 is 1.82 bits per heavy atom. The Balaban J connectivity index is 1.98. The number of urea groups is 1. The minimum atomic E-state index is -0.302. The van der Waals surface area contributed by atoms with E-state index in [1.807, 2.05) is 37.3 Å². The zero-order valence-corrected chi connectivity index (χ0v) is 9.34. The van der Waals surface area contributed by atoms with Gasteiger partial charge in [0.2, 0.25) is 0 Å². The number of hydrogen-bond donors (Lipinski definition) is 2. The van der Waals surface area contributed by atoms with Crippen molar-refractivity contribution in [2.24, 2.45) is 0 Å². The molecular weight excluding hydrogens is 216 g/mol. The van der Waals surface area contributed by atoms with E-state index < -0.39 is 0 Å². The van der Waals surface area contributed by atoms with Gasteiger partial charge in [-0.15, -0.1) is 0 Å². The van der Waals surface area contributed by atoms with E-state index in [2.05, 4.69) is 20.8 Å². The summed E-state index contributed by atoms with van der Waals surface area (Å²) in [5.41, 5.74) is 2.11.